The lowest BCUT2D eigenvalue weighted by Crippen LogP contribution is -2.53. The number of carbonyl (C=O) groups is 2. The third-order valence-electron chi connectivity index (χ3n) is 7.53. The Labute approximate surface area is 294 Å². The first kappa shape index (κ1) is 36.2. The third-order valence-corrected chi connectivity index (χ3v) is 10.5. The van der Waals surface area contributed by atoms with Crippen LogP contribution in [0.4, 0.5) is 5.69 Å². The Morgan fingerprint density at radius 1 is 0.872 bits per heavy atom. The van der Waals surface area contributed by atoms with Gasteiger partial charge in [-0.05, 0) is 82.4 Å². The standard InChI is InChI=1S/C36H39Br2N3O5S/c1-25(2)22-39-36(43)33(20-27-8-6-5-7-9-27)40(23-28-12-14-29(37)15-13-28)35(42)24-41(30-16-10-26(3)11-17-30)47(44,45)31-18-19-34(46-4)32(38)21-31/h5-19,21,25,33H,20,22-24H2,1-4H3,(H,39,43)/t33-/m1/s1. The number of anilines is 1. The highest BCUT2D eigenvalue weighted by Gasteiger charge is 2.35. The van der Waals surface area contributed by atoms with Crippen LogP contribution in [-0.4, -0.2) is 51.4 Å². The summed E-state index contributed by atoms with van der Waals surface area (Å²) in [5, 5.41) is 3.01. The van der Waals surface area contributed by atoms with Crippen molar-refractivity contribution in [2.24, 2.45) is 5.92 Å². The van der Waals surface area contributed by atoms with Crippen molar-refractivity contribution >= 4 is 59.4 Å². The van der Waals surface area contributed by atoms with Gasteiger partial charge in [0.25, 0.3) is 10.0 Å². The molecule has 0 aliphatic carbocycles. The van der Waals surface area contributed by atoms with E-state index < -0.39 is 28.5 Å². The van der Waals surface area contributed by atoms with Crippen LogP contribution < -0.4 is 14.4 Å². The maximum atomic E-state index is 14.6. The SMILES string of the molecule is COc1ccc(S(=O)(=O)N(CC(=O)N(Cc2ccc(Br)cc2)[C@H](Cc2ccccc2)C(=O)NCC(C)C)c2ccc(C)cc2)cc1Br. The molecule has 0 aliphatic rings. The van der Waals surface area contributed by atoms with Gasteiger partial charge in [-0.25, -0.2) is 8.42 Å². The summed E-state index contributed by atoms with van der Waals surface area (Å²) in [5.41, 5.74) is 2.92. The highest BCUT2D eigenvalue weighted by atomic mass is 79.9. The number of hydrogen-bond donors (Lipinski definition) is 1. The van der Waals surface area contributed by atoms with Crippen molar-refractivity contribution in [1.82, 2.24) is 10.2 Å². The molecule has 0 aromatic heterocycles. The molecule has 0 unspecified atom stereocenters. The van der Waals surface area contributed by atoms with Crippen molar-refractivity contribution < 1.29 is 22.7 Å². The van der Waals surface area contributed by atoms with Gasteiger partial charge in [0, 0.05) is 24.0 Å². The maximum absolute atomic E-state index is 14.6. The van der Waals surface area contributed by atoms with E-state index in [0.29, 0.717) is 22.5 Å². The van der Waals surface area contributed by atoms with E-state index in [-0.39, 0.29) is 29.7 Å². The number of rotatable bonds is 14. The minimum atomic E-state index is -4.25. The van der Waals surface area contributed by atoms with Gasteiger partial charge >= 0.3 is 0 Å². The van der Waals surface area contributed by atoms with Crippen LogP contribution in [0.3, 0.4) is 0 Å². The number of aryl methyl sites for hydroxylation is 1. The number of amides is 2. The lowest BCUT2D eigenvalue weighted by molar-refractivity contribution is -0.140. The van der Waals surface area contributed by atoms with Crippen molar-refractivity contribution in [3.8, 4) is 5.75 Å². The van der Waals surface area contributed by atoms with Gasteiger partial charge in [0.05, 0.1) is 22.2 Å². The first-order valence-electron chi connectivity index (χ1n) is 15.2. The van der Waals surface area contributed by atoms with Gasteiger partial charge in [-0.2, -0.15) is 0 Å². The van der Waals surface area contributed by atoms with E-state index in [1.807, 2.05) is 75.4 Å². The van der Waals surface area contributed by atoms with Gasteiger partial charge in [-0.1, -0.05) is 89.9 Å². The second-order valence-corrected chi connectivity index (χ2v) is 15.3. The molecule has 0 heterocycles. The molecule has 0 fully saturated rings. The van der Waals surface area contributed by atoms with Crippen LogP contribution >= 0.6 is 31.9 Å². The second kappa shape index (κ2) is 16.4. The second-order valence-electron chi connectivity index (χ2n) is 11.6. The predicted molar refractivity (Wildman–Crippen MR) is 193 cm³/mol. The molecule has 1 atom stereocenters. The van der Waals surface area contributed by atoms with E-state index in [0.717, 1.165) is 25.5 Å². The first-order valence-corrected chi connectivity index (χ1v) is 18.2. The summed E-state index contributed by atoms with van der Waals surface area (Å²) in [6, 6.07) is 27.5. The number of ether oxygens (including phenoxy) is 1. The number of sulfonamides is 1. The Bertz CT molecular complexity index is 1770. The summed E-state index contributed by atoms with van der Waals surface area (Å²) in [4.78, 5) is 29.9. The maximum Gasteiger partial charge on any atom is 0.264 e. The Morgan fingerprint density at radius 3 is 2.13 bits per heavy atom. The number of methoxy groups -OCH3 is 1. The molecule has 1 N–H and O–H groups in total. The fourth-order valence-corrected chi connectivity index (χ4v) is 7.34. The fraction of sp³-hybridized carbons (Fsp3) is 0.278. The summed E-state index contributed by atoms with van der Waals surface area (Å²) >= 11 is 6.85. The smallest absolute Gasteiger partial charge is 0.264 e. The lowest BCUT2D eigenvalue weighted by Gasteiger charge is -2.34. The van der Waals surface area contributed by atoms with Crippen LogP contribution in [0, 0.1) is 12.8 Å². The molecule has 0 radical (unpaired) electrons. The molecule has 0 spiro atoms. The van der Waals surface area contributed by atoms with Crippen LogP contribution in [0.15, 0.2) is 111 Å². The first-order chi connectivity index (χ1) is 22.4. The lowest BCUT2D eigenvalue weighted by atomic mass is 10.0. The number of benzene rings is 4. The van der Waals surface area contributed by atoms with E-state index in [1.54, 1.807) is 30.3 Å². The van der Waals surface area contributed by atoms with Crippen molar-refractivity contribution in [1.29, 1.82) is 0 Å². The normalized spacial score (nSPS) is 12.0. The minimum Gasteiger partial charge on any atom is -0.496 e. The summed E-state index contributed by atoms with van der Waals surface area (Å²) in [6.07, 6.45) is 0.246. The Balaban J connectivity index is 1.80. The largest absolute Gasteiger partial charge is 0.496 e. The van der Waals surface area contributed by atoms with E-state index >= 15 is 0 Å². The fourth-order valence-electron chi connectivity index (χ4n) is 4.94. The van der Waals surface area contributed by atoms with Crippen LogP contribution in [0.2, 0.25) is 0 Å². The number of halogens is 2. The molecular weight excluding hydrogens is 746 g/mol. The van der Waals surface area contributed by atoms with E-state index in [9.17, 15) is 18.0 Å². The van der Waals surface area contributed by atoms with Crippen LogP contribution in [0.5, 0.6) is 5.75 Å². The van der Waals surface area contributed by atoms with Gasteiger partial charge in [-0.3, -0.25) is 13.9 Å². The molecule has 4 rings (SSSR count). The van der Waals surface area contributed by atoms with Gasteiger partial charge in [0.15, 0.2) is 0 Å². The van der Waals surface area contributed by atoms with Gasteiger partial charge in [-0.15, -0.1) is 0 Å². The summed E-state index contributed by atoms with van der Waals surface area (Å²) < 4.78 is 36.3. The molecule has 47 heavy (non-hydrogen) atoms. The van der Waals surface area contributed by atoms with Crippen LogP contribution in [-0.2, 0) is 32.6 Å². The van der Waals surface area contributed by atoms with Crippen LogP contribution in [0.1, 0.15) is 30.5 Å². The molecular formula is C36H39Br2N3O5S. The van der Waals surface area contributed by atoms with Crippen molar-refractivity contribution in [2.75, 3.05) is 24.5 Å². The predicted octanol–water partition coefficient (Wildman–Crippen LogP) is 7.14. The van der Waals surface area contributed by atoms with Crippen molar-refractivity contribution in [2.45, 2.75) is 44.7 Å². The van der Waals surface area contributed by atoms with Gasteiger partial charge in [0.2, 0.25) is 11.8 Å². The van der Waals surface area contributed by atoms with Crippen molar-refractivity contribution in [3.63, 3.8) is 0 Å². The Kier molecular flexibility index (Phi) is 12.6. The molecule has 2 amide bonds. The molecule has 0 aliphatic heterocycles. The molecule has 11 heteroatoms. The zero-order valence-corrected chi connectivity index (χ0v) is 30.8. The third kappa shape index (κ3) is 9.68. The van der Waals surface area contributed by atoms with Crippen LogP contribution in [0.25, 0.3) is 0 Å². The molecule has 4 aromatic carbocycles. The topological polar surface area (TPSA) is 96.0 Å². The average Bonchev–Trinajstić information content (AvgIpc) is 3.05. The molecule has 8 nitrogen and oxygen atoms in total. The number of nitrogens with zero attached hydrogens (tertiary/aromatic N) is 2. The number of nitrogens with one attached hydrogen (secondary N) is 1. The Hall–Kier alpha value is -3.67. The highest BCUT2D eigenvalue weighted by Crippen LogP contribution is 2.31. The molecule has 0 bridgehead atoms. The zero-order chi connectivity index (χ0) is 34.1. The highest BCUT2D eigenvalue weighted by molar-refractivity contribution is 9.10. The number of hydrogen-bond acceptors (Lipinski definition) is 5. The Morgan fingerprint density at radius 2 is 1.53 bits per heavy atom. The van der Waals surface area contributed by atoms with E-state index in [4.69, 9.17) is 4.74 Å². The average molecular weight is 786 g/mol. The minimum absolute atomic E-state index is 0.0199. The number of carbonyl (C=O) groups excluding carboxylic acids is 2. The van der Waals surface area contributed by atoms with E-state index in [1.165, 1.54) is 24.1 Å². The molecule has 0 saturated heterocycles. The summed E-state index contributed by atoms with van der Waals surface area (Å²) in [7, 11) is -2.76. The summed E-state index contributed by atoms with van der Waals surface area (Å²) in [5.74, 6) is -0.168. The van der Waals surface area contributed by atoms with E-state index in [2.05, 4.69) is 37.2 Å². The summed E-state index contributed by atoms with van der Waals surface area (Å²) in [6.45, 7) is 5.89. The molecule has 0 saturated carbocycles. The van der Waals surface area contributed by atoms with Gasteiger partial charge < -0.3 is 15.0 Å². The van der Waals surface area contributed by atoms with Gasteiger partial charge in [0.1, 0.15) is 18.3 Å². The quantitative estimate of drug-likeness (QED) is 0.147. The van der Waals surface area contributed by atoms with Crippen molar-refractivity contribution in [3.05, 3.63) is 123 Å². The monoisotopic (exact) mass is 783 g/mol. The molecule has 4 aromatic rings. The molecule has 248 valence electrons. The zero-order valence-electron chi connectivity index (χ0n) is 26.8.